The molecule has 5 nitrogen and oxygen atoms in total. The van der Waals surface area contributed by atoms with Gasteiger partial charge in [0.15, 0.2) is 0 Å². The summed E-state index contributed by atoms with van der Waals surface area (Å²) in [5.41, 5.74) is 6.43. The first-order chi connectivity index (χ1) is 15.5. The van der Waals surface area contributed by atoms with Gasteiger partial charge in [0.25, 0.3) is 0 Å². The highest BCUT2D eigenvalue weighted by Crippen LogP contribution is 2.31. The van der Waals surface area contributed by atoms with Gasteiger partial charge in [0.2, 0.25) is 10.0 Å². The number of nitrogens with zero attached hydrogens (tertiary/aromatic N) is 2. The lowest BCUT2D eigenvalue weighted by Crippen LogP contribution is -2.46. The maximum absolute atomic E-state index is 13.5. The molecule has 170 valence electrons. The van der Waals surface area contributed by atoms with Crippen molar-refractivity contribution < 1.29 is 8.42 Å². The molecule has 0 spiro atoms. The molecule has 0 radical (unpaired) electrons. The third kappa shape index (κ3) is 4.17. The van der Waals surface area contributed by atoms with Crippen LogP contribution in [0.5, 0.6) is 0 Å². The number of rotatable bonds is 6. The number of allylic oxidation sites excluding steroid dienone is 1. The zero-order valence-corrected chi connectivity index (χ0v) is 19.7. The van der Waals surface area contributed by atoms with E-state index in [1.165, 1.54) is 16.7 Å². The van der Waals surface area contributed by atoms with Crippen LogP contribution in [0, 0.1) is 0 Å². The van der Waals surface area contributed by atoms with Crippen molar-refractivity contribution in [3.63, 3.8) is 0 Å². The second-order valence-electron chi connectivity index (χ2n) is 9.26. The van der Waals surface area contributed by atoms with Crippen molar-refractivity contribution in [2.45, 2.75) is 49.6 Å². The summed E-state index contributed by atoms with van der Waals surface area (Å²) in [6, 6.07) is 14.5. The number of hydrogen-bond acceptors (Lipinski definition) is 4. The summed E-state index contributed by atoms with van der Waals surface area (Å²) in [5.74, 6) is 0. The van der Waals surface area contributed by atoms with E-state index in [1.54, 1.807) is 17.4 Å². The van der Waals surface area contributed by atoms with E-state index in [9.17, 15) is 8.42 Å². The third-order valence-electron chi connectivity index (χ3n) is 7.45. The van der Waals surface area contributed by atoms with Crippen LogP contribution < -0.4 is 5.32 Å². The smallest absolute Gasteiger partial charge is 0.243 e. The van der Waals surface area contributed by atoms with E-state index < -0.39 is 10.0 Å². The predicted octanol–water partition coefficient (Wildman–Crippen LogP) is 3.45. The van der Waals surface area contributed by atoms with Gasteiger partial charge in [0, 0.05) is 26.2 Å². The number of fused-ring (bicyclic) bond motifs is 2. The maximum atomic E-state index is 13.5. The molecule has 5 rings (SSSR count). The Hall–Kier alpha value is -1.99. The van der Waals surface area contributed by atoms with Crippen molar-refractivity contribution in [3.05, 3.63) is 70.8 Å². The van der Waals surface area contributed by atoms with E-state index in [-0.39, 0.29) is 6.04 Å². The number of benzene rings is 2. The Morgan fingerprint density at radius 1 is 1.06 bits per heavy atom. The van der Waals surface area contributed by atoms with Crippen LogP contribution in [-0.2, 0) is 29.4 Å². The van der Waals surface area contributed by atoms with Crippen molar-refractivity contribution >= 4 is 15.6 Å². The fraction of sp³-hybridized carbons (Fsp3) is 0.462. The zero-order chi connectivity index (χ0) is 22.1. The standard InChI is InChI=1S/C26H33N3O2S/c1-28(32(30,31)26-8-4-6-22-19-27-15-11-25(22)26)23-13-17-29(18-14-23)16-12-21-10-9-20-5-2-3-7-24(20)21/h2-8,10,23,27H,9,11-19H2,1H3. The Bertz CT molecular complexity index is 1120. The first-order valence-electron chi connectivity index (χ1n) is 11.8. The van der Waals surface area contributed by atoms with E-state index in [0.717, 1.165) is 76.0 Å². The molecular formula is C26H33N3O2S. The largest absolute Gasteiger partial charge is 0.312 e. The van der Waals surface area contributed by atoms with Crippen LogP contribution in [0.3, 0.4) is 0 Å². The molecule has 2 aliphatic heterocycles. The molecule has 1 aliphatic carbocycles. The highest BCUT2D eigenvalue weighted by atomic mass is 32.2. The van der Waals surface area contributed by atoms with Crippen LogP contribution in [0.15, 0.2) is 53.4 Å². The van der Waals surface area contributed by atoms with E-state index >= 15 is 0 Å². The number of nitrogens with one attached hydrogen (secondary N) is 1. The SMILES string of the molecule is CN(C1CCN(CCC2=CCc3ccccc32)CC1)S(=O)(=O)c1cccc2c1CCNC2. The third-order valence-corrected chi connectivity index (χ3v) is 9.45. The fourth-order valence-corrected chi connectivity index (χ4v) is 7.18. The average Bonchev–Trinajstić information content (AvgIpc) is 3.25. The van der Waals surface area contributed by atoms with Gasteiger partial charge in [-0.1, -0.05) is 42.5 Å². The Morgan fingerprint density at radius 3 is 2.69 bits per heavy atom. The second-order valence-corrected chi connectivity index (χ2v) is 11.2. The van der Waals surface area contributed by atoms with Crippen LogP contribution in [0.1, 0.15) is 41.5 Å². The maximum Gasteiger partial charge on any atom is 0.243 e. The van der Waals surface area contributed by atoms with Crippen LogP contribution in [0.2, 0.25) is 0 Å². The fourth-order valence-electron chi connectivity index (χ4n) is 5.47. The number of hydrogen-bond donors (Lipinski definition) is 1. The van der Waals surface area contributed by atoms with E-state index in [1.807, 2.05) is 12.1 Å². The molecule has 0 atom stereocenters. The average molecular weight is 452 g/mol. The van der Waals surface area contributed by atoms with Crippen molar-refractivity contribution in [1.29, 1.82) is 0 Å². The summed E-state index contributed by atoms with van der Waals surface area (Å²) in [4.78, 5) is 3.00. The van der Waals surface area contributed by atoms with E-state index in [2.05, 4.69) is 40.6 Å². The van der Waals surface area contributed by atoms with Gasteiger partial charge in [-0.05, 0) is 85.6 Å². The monoisotopic (exact) mass is 451 g/mol. The lowest BCUT2D eigenvalue weighted by atomic mass is 10.0. The lowest BCUT2D eigenvalue weighted by Gasteiger charge is -2.36. The quantitative estimate of drug-likeness (QED) is 0.731. The van der Waals surface area contributed by atoms with Gasteiger partial charge >= 0.3 is 0 Å². The molecular weight excluding hydrogens is 418 g/mol. The van der Waals surface area contributed by atoms with Crippen LogP contribution in [0.25, 0.3) is 5.57 Å². The summed E-state index contributed by atoms with van der Waals surface area (Å²) in [6.45, 7) is 4.54. The minimum absolute atomic E-state index is 0.0697. The van der Waals surface area contributed by atoms with E-state index in [0.29, 0.717) is 4.90 Å². The minimum Gasteiger partial charge on any atom is -0.312 e. The molecule has 32 heavy (non-hydrogen) atoms. The number of piperidine rings is 1. The Balaban J connectivity index is 1.19. The highest BCUT2D eigenvalue weighted by Gasteiger charge is 2.33. The molecule has 0 bridgehead atoms. The van der Waals surface area contributed by atoms with Gasteiger partial charge in [0.1, 0.15) is 0 Å². The normalized spacial score (nSPS) is 19.6. The first kappa shape index (κ1) is 21.8. The van der Waals surface area contributed by atoms with E-state index in [4.69, 9.17) is 0 Å². The Kier molecular flexibility index (Phi) is 6.21. The van der Waals surface area contributed by atoms with Gasteiger partial charge in [-0.2, -0.15) is 4.31 Å². The van der Waals surface area contributed by atoms with Gasteiger partial charge in [0.05, 0.1) is 4.90 Å². The van der Waals surface area contributed by atoms with Gasteiger partial charge in [-0.25, -0.2) is 8.42 Å². The summed E-state index contributed by atoms with van der Waals surface area (Å²) in [6.07, 6.45) is 7.04. The Morgan fingerprint density at radius 2 is 1.84 bits per heavy atom. The van der Waals surface area contributed by atoms with Crippen molar-refractivity contribution in [3.8, 4) is 0 Å². The first-order valence-corrected chi connectivity index (χ1v) is 13.3. The molecule has 0 saturated carbocycles. The molecule has 6 heteroatoms. The van der Waals surface area contributed by atoms with Crippen LogP contribution >= 0.6 is 0 Å². The molecule has 1 fully saturated rings. The molecule has 2 aromatic carbocycles. The van der Waals surface area contributed by atoms with Crippen molar-refractivity contribution in [2.24, 2.45) is 0 Å². The molecule has 2 aromatic rings. The molecule has 1 saturated heterocycles. The summed E-state index contributed by atoms with van der Waals surface area (Å²) in [5, 5.41) is 3.34. The molecule has 0 amide bonds. The minimum atomic E-state index is -3.48. The summed E-state index contributed by atoms with van der Waals surface area (Å²) >= 11 is 0. The summed E-state index contributed by atoms with van der Waals surface area (Å²) in [7, 11) is -1.70. The van der Waals surface area contributed by atoms with Gasteiger partial charge in [-0.3, -0.25) is 0 Å². The Labute approximate surface area is 192 Å². The lowest BCUT2D eigenvalue weighted by molar-refractivity contribution is 0.173. The molecule has 2 heterocycles. The second kappa shape index (κ2) is 9.10. The summed E-state index contributed by atoms with van der Waals surface area (Å²) < 4.78 is 28.6. The predicted molar refractivity (Wildman–Crippen MR) is 129 cm³/mol. The van der Waals surface area contributed by atoms with Crippen molar-refractivity contribution in [2.75, 3.05) is 33.2 Å². The molecule has 1 N–H and O–H groups in total. The van der Waals surface area contributed by atoms with Gasteiger partial charge in [-0.15, -0.1) is 0 Å². The van der Waals surface area contributed by atoms with Crippen molar-refractivity contribution in [1.82, 2.24) is 14.5 Å². The topological polar surface area (TPSA) is 52.7 Å². The molecule has 0 unspecified atom stereocenters. The molecule has 3 aliphatic rings. The highest BCUT2D eigenvalue weighted by molar-refractivity contribution is 7.89. The van der Waals surface area contributed by atoms with Gasteiger partial charge < -0.3 is 10.2 Å². The number of likely N-dealkylation sites (tertiary alicyclic amines) is 1. The number of sulfonamides is 1. The molecule has 0 aromatic heterocycles. The van der Waals surface area contributed by atoms with Crippen LogP contribution in [-0.4, -0.2) is 56.9 Å². The zero-order valence-electron chi connectivity index (χ0n) is 18.9. The van der Waals surface area contributed by atoms with Crippen LogP contribution in [0.4, 0.5) is 0 Å².